The number of carbonyl (C=O) groups is 3. The zero-order valence-electron chi connectivity index (χ0n) is 39.8. The van der Waals surface area contributed by atoms with E-state index in [0.29, 0.717) is 12.8 Å². The number of carbonyl (C=O) groups excluding carboxylic acids is 3. The number of ether oxygens (including phenoxy) is 3. The zero-order valence-corrected chi connectivity index (χ0v) is 39.8. The second-order valence-electron chi connectivity index (χ2n) is 16.2. The minimum absolute atomic E-state index is 0.110. The highest BCUT2D eigenvalue weighted by atomic mass is 16.6. The van der Waals surface area contributed by atoms with Gasteiger partial charge in [0.1, 0.15) is 13.2 Å². The second kappa shape index (κ2) is 49.7. The number of allylic oxidation sites excluding steroid dienone is 18. The van der Waals surface area contributed by atoms with Crippen LogP contribution in [0.25, 0.3) is 0 Å². The average molecular weight is 859 g/mol. The summed E-state index contributed by atoms with van der Waals surface area (Å²) in [6, 6.07) is 0. The van der Waals surface area contributed by atoms with Gasteiger partial charge in [0.15, 0.2) is 6.10 Å². The Labute approximate surface area is 380 Å². The summed E-state index contributed by atoms with van der Waals surface area (Å²) in [5.41, 5.74) is 0. The molecule has 1 unspecified atom stereocenters. The number of esters is 3. The van der Waals surface area contributed by atoms with Gasteiger partial charge in [-0.25, -0.2) is 0 Å². The van der Waals surface area contributed by atoms with E-state index in [9.17, 15) is 14.4 Å². The Bertz CT molecular complexity index is 1310. The molecule has 0 aromatic carbocycles. The predicted molar refractivity (Wildman–Crippen MR) is 265 cm³/mol. The van der Waals surface area contributed by atoms with E-state index in [1.807, 2.05) is 24.3 Å². The van der Waals surface area contributed by atoms with Crippen molar-refractivity contribution in [2.45, 2.75) is 213 Å². The van der Waals surface area contributed by atoms with Crippen LogP contribution in [0.3, 0.4) is 0 Å². The predicted octanol–water partition coefficient (Wildman–Crippen LogP) is 16.4. The minimum Gasteiger partial charge on any atom is -0.462 e. The van der Waals surface area contributed by atoms with Gasteiger partial charge in [-0.15, -0.1) is 0 Å². The van der Waals surface area contributed by atoms with Crippen molar-refractivity contribution in [3.63, 3.8) is 0 Å². The van der Waals surface area contributed by atoms with E-state index < -0.39 is 6.10 Å². The summed E-state index contributed by atoms with van der Waals surface area (Å²) >= 11 is 0. The normalized spacial score (nSPS) is 13.0. The van der Waals surface area contributed by atoms with Crippen molar-refractivity contribution in [2.24, 2.45) is 0 Å². The third-order valence-electron chi connectivity index (χ3n) is 10.2. The van der Waals surface area contributed by atoms with Crippen molar-refractivity contribution in [1.82, 2.24) is 0 Å². The molecular weight excluding hydrogens is 769 g/mol. The Balaban J connectivity index is 4.50. The fourth-order valence-electron chi connectivity index (χ4n) is 6.37. The van der Waals surface area contributed by atoms with E-state index in [-0.39, 0.29) is 37.5 Å². The van der Waals surface area contributed by atoms with Crippen LogP contribution in [-0.2, 0) is 28.6 Å². The first kappa shape index (κ1) is 58.1. The van der Waals surface area contributed by atoms with Crippen LogP contribution in [0, 0.1) is 0 Å². The summed E-state index contributed by atoms with van der Waals surface area (Å²) < 4.78 is 16.7. The van der Waals surface area contributed by atoms with Crippen LogP contribution in [0.4, 0.5) is 0 Å². The number of unbranched alkanes of at least 4 members (excludes halogenated alkanes) is 20. The molecule has 0 bridgehead atoms. The fourth-order valence-corrected chi connectivity index (χ4v) is 6.37. The van der Waals surface area contributed by atoms with Crippen molar-refractivity contribution in [1.29, 1.82) is 0 Å². The molecule has 0 N–H and O–H groups in total. The summed E-state index contributed by atoms with van der Waals surface area (Å²) in [5, 5.41) is 0. The molecule has 0 aliphatic rings. The molecule has 1 atom stereocenters. The van der Waals surface area contributed by atoms with Gasteiger partial charge < -0.3 is 14.2 Å². The molecule has 350 valence electrons. The van der Waals surface area contributed by atoms with E-state index in [1.165, 1.54) is 44.9 Å². The number of hydrogen-bond acceptors (Lipinski definition) is 6. The molecule has 0 saturated carbocycles. The van der Waals surface area contributed by atoms with Gasteiger partial charge in [-0.3, -0.25) is 14.4 Å². The number of rotatable bonds is 43. The highest BCUT2D eigenvalue weighted by Gasteiger charge is 2.19. The van der Waals surface area contributed by atoms with E-state index in [1.54, 1.807) is 0 Å². The molecule has 0 saturated heterocycles. The molecule has 0 rings (SSSR count). The van der Waals surface area contributed by atoms with Crippen LogP contribution in [0.1, 0.15) is 207 Å². The SMILES string of the molecule is CC\C=C/C=C\C=C/C=C\CCCCCCCC(=O)OC(COC(=O)CCCCC/C=C\C=C/CCCC)COC(=O)CCCCCCC\C=C/C=C\C=C/CCCCCCC. The summed E-state index contributed by atoms with van der Waals surface area (Å²) in [6.45, 7) is 6.35. The lowest BCUT2D eigenvalue weighted by molar-refractivity contribution is -0.167. The molecule has 6 nitrogen and oxygen atoms in total. The van der Waals surface area contributed by atoms with Crippen molar-refractivity contribution < 1.29 is 28.6 Å². The van der Waals surface area contributed by atoms with Gasteiger partial charge in [0.2, 0.25) is 0 Å². The summed E-state index contributed by atoms with van der Waals surface area (Å²) in [7, 11) is 0. The molecule has 0 spiro atoms. The maximum absolute atomic E-state index is 12.8. The van der Waals surface area contributed by atoms with Crippen LogP contribution in [-0.4, -0.2) is 37.2 Å². The number of hydrogen-bond donors (Lipinski definition) is 0. The van der Waals surface area contributed by atoms with Gasteiger partial charge in [-0.1, -0.05) is 214 Å². The lowest BCUT2D eigenvalue weighted by atomic mass is 10.1. The summed E-state index contributed by atoms with van der Waals surface area (Å²) in [4.78, 5) is 37.9. The lowest BCUT2D eigenvalue weighted by Gasteiger charge is -2.18. The molecule has 0 fully saturated rings. The van der Waals surface area contributed by atoms with Gasteiger partial charge in [-0.2, -0.15) is 0 Å². The Kier molecular flexibility index (Phi) is 46.6. The first-order chi connectivity index (χ1) is 30.5. The van der Waals surface area contributed by atoms with E-state index >= 15 is 0 Å². The van der Waals surface area contributed by atoms with Crippen molar-refractivity contribution in [2.75, 3.05) is 13.2 Å². The quantitative estimate of drug-likeness (QED) is 0.0263. The Morgan fingerprint density at radius 1 is 0.339 bits per heavy atom. The largest absolute Gasteiger partial charge is 0.462 e. The third-order valence-corrected chi connectivity index (χ3v) is 10.2. The van der Waals surface area contributed by atoms with Gasteiger partial charge in [-0.05, 0) is 83.5 Å². The highest BCUT2D eigenvalue weighted by Crippen LogP contribution is 2.12. The fraction of sp³-hybridized carbons (Fsp3) is 0.625. The molecule has 0 heterocycles. The molecule has 0 amide bonds. The molecule has 0 radical (unpaired) electrons. The second-order valence-corrected chi connectivity index (χ2v) is 16.2. The van der Waals surface area contributed by atoms with Gasteiger partial charge in [0.25, 0.3) is 0 Å². The van der Waals surface area contributed by atoms with E-state index in [2.05, 4.69) is 106 Å². The summed E-state index contributed by atoms with van der Waals surface area (Å²) in [6.07, 6.45) is 66.4. The van der Waals surface area contributed by atoms with Crippen molar-refractivity contribution in [3.05, 3.63) is 109 Å². The van der Waals surface area contributed by atoms with Crippen LogP contribution >= 0.6 is 0 Å². The van der Waals surface area contributed by atoms with Gasteiger partial charge >= 0.3 is 17.9 Å². The van der Waals surface area contributed by atoms with Crippen LogP contribution in [0.5, 0.6) is 0 Å². The molecule has 62 heavy (non-hydrogen) atoms. The molecule has 0 aromatic rings. The monoisotopic (exact) mass is 859 g/mol. The first-order valence-corrected chi connectivity index (χ1v) is 25.0. The molecule has 6 heteroatoms. The third kappa shape index (κ3) is 47.1. The standard InChI is InChI=1S/C56H90O6/c1-4-7-10-13-16-19-22-24-26-27-28-30-31-34-37-40-43-46-49-55(58)61-52-53(51-60-54(57)48-45-42-39-36-33-21-18-15-12-9-6-3)62-56(59)50-47-44-41-38-35-32-29-25-23-20-17-14-11-8-5-2/h8,11,14-15,17-18,20-30,33,53H,4-7,9-10,12-13,16,19,31-32,34-52H2,1-3H3/b11-8-,17-14-,18-15-,23-20-,24-22-,27-26-,29-25-,30-28-,33-21-. The lowest BCUT2D eigenvalue weighted by Crippen LogP contribution is -2.30. The minimum atomic E-state index is -0.811. The van der Waals surface area contributed by atoms with Gasteiger partial charge in [0.05, 0.1) is 0 Å². The Hall–Kier alpha value is -3.93. The topological polar surface area (TPSA) is 78.9 Å². The molecular formula is C56H90O6. The van der Waals surface area contributed by atoms with Crippen LogP contribution in [0.2, 0.25) is 0 Å². The van der Waals surface area contributed by atoms with E-state index in [4.69, 9.17) is 14.2 Å². The Morgan fingerprint density at radius 2 is 0.645 bits per heavy atom. The van der Waals surface area contributed by atoms with E-state index in [0.717, 1.165) is 122 Å². The Morgan fingerprint density at radius 3 is 1.06 bits per heavy atom. The van der Waals surface area contributed by atoms with Crippen LogP contribution in [0.15, 0.2) is 109 Å². The van der Waals surface area contributed by atoms with Crippen molar-refractivity contribution in [3.8, 4) is 0 Å². The maximum atomic E-state index is 12.8. The average Bonchev–Trinajstić information content (AvgIpc) is 3.27. The van der Waals surface area contributed by atoms with Crippen LogP contribution < -0.4 is 0 Å². The van der Waals surface area contributed by atoms with Crippen molar-refractivity contribution >= 4 is 17.9 Å². The highest BCUT2D eigenvalue weighted by molar-refractivity contribution is 5.71. The smallest absolute Gasteiger partial charge is 0.306 e. The maximum Gasteiger partial charge on any atom is 0.306 e. The molecule has 0 aliphatic carbocycles. The molecule has 0 aliphatic heterocycles. The zero-order chi connectivity index (χ0) is 45.1. The summed E-state index contributed by atoms with van der Waals surface area (Å²) in [5.74, 6) is -0.988. The molecule has 0 aromatic heterocycles. The van der Waals surface area contributed by atoms with Gasteiger partial charge in [0, 0.05) is 19.3 Å². The first-order valence-electron chi connectivity index (χ1n) is 25.0.